The van der Waals surface area contributed by atoms with Crippen molar-refractivity contribution in [3.05, 3.63) is 0 Å². The molecule has 2 aliphatic heterocycles. The number of nitrogens with one attached hydrogen (secondary N) is 1. The lowest BCUT2D eigenvalue weighted by atomic mass is 9.96. The van der Waals surface area contributed by atoms with Crippen LogP contribution in [-0.4, -0.2) is 140 Å². The van der Waals surface area contributed by atoms with Crippen LogP contribution in [0, 0.1) is 0 Å². The molecule has 0 aromatic heterocycles. The molecule has 230 valence electrons. The second-order valence-corrected chi connectivity index (χ2v) is 10.5. The summed E-state index contributed by atoms with van der Waals surface area (Å²) < 4.78 is 125. The van der Waals surface area contributed by atoms with E-state index in [1.165, 1.54) is 0 Å². The second-order valence-electron chi connectivity index (χ2n) is 7.69. The van der Waals surface area contributed by atoms with Crippen LogP contribution in [0.3, 0.4) is 0 Å². The van der Waals surface area contributed by atoms with Crippen molar-refractivity contribution in [3.63, 3.8) is 0 Å². The summed E-state index contributed by atoms with van der Waals surface area (Å²) in [6.07, 6.45) is -17.2. The van der Waals surface area contributed by atoms with E-state index >= 15 is 0 Å². The zero-order chi connectivity index (χ0) is 29.7. The van der Waals surface area contributed by atoms with Gasteiger partial charge in [-0.05, 0) is 0 Å². The Morgan fingerprint density at radius 2 is 1.59 bits per heavy atom. The molecule has 2 saturated heterocycles. The fraction of sp³-hybridized carbons (Fsp3) is 0.933. The Kier molecular flexibility index (Phi) is 12.5. The van der Waals surface area contributed by atoms with Crippen molar-refractivity contribution >= 4 is 38.0 Å². The van der Waals surface area contributed by atoms with Crippen LogP contribution in [0.1, 0.15) is 0 Å². The van der Waals surface area contributed by atoms with Gasteiger partial charge in [0.2, 0.25) is 0 Å². The van der Waals surface area contributed by atoms with Gasteiger partial charge in [0.05, 0.1) is 7.11 Å². The van der Waals surface area contributed by atoms with Crippen LogP contribution in [0.15, 0.2) is 0 Å². The molecule has 0 aromatic carbocycles. The van der Waals surface area contributed by atoms with E-state index in [0.29, 0.717) is 0 Å². The number of hydrogen-bond donors (Lipinski definition) is 6. The SMILES string of the molecule is COC(=O)C1O[C@@H](O[C@H]2C(O)C(NS(=O)(=O)O)[C@@H](OC)O[C@H]2COOS(=O)O)C(OS(=O)(=O)O)[C@H](O)[C@H]1OC. The van der Waals surface area contributed by atoms with Crippen LogP contribution in [0.2, 0.25) is 0 Å². The molecule has 6 N–H and O–H groups in total. The third kappa shape index (κ3) is 9.50. The minimum atomic E-state index is -5.34. The topological polar surface area (TPSA) is 299 Å². The molecular weight excluding hydrogens is 610 g/mol. The third-order valence-electron chi connectivity index (χ3n) is 5.28. The van der Waals surface area contributed by atoms with Gasteiger partial charge in [-0.2, -0.15) is 25.8 Å². The highest BCUT2D eigenvalue weighted by atomic mass is 32.3. The van der Waals surface area contributed by atoms with Gasteiger partial charge >= 0.3 is 38.0 Å². The Bertz CT molecular complexity index is 1050. The second kappa shape index (κ2) is 14.2. The molecule has 24 heteroatoms. The predicted octanol–water partition coefficient (Wildman–Crippen LogP) is -4.59. The van der Waals surface area contributed by atoms with Gasteiger partial charge < -0.3 is 38.6 Å². The number of aliphatic hydroxyl groups excluding tert-OH is 2. The van der Waals surface area contributed by atoms with Gasteiger partial charge in [0.15, 0.2) is 24.8 Å². The normalized spacial score (nSPS) is 36.8. The Morgan fingerprint density at radius 3 is 2.08 bits per heavy atom. The smallest absolute Gasteiger partial charge is 0.397 e. The largest absolute Gasteiger partial charge is 0.467 e. The van der Waals surface area contributed by atoms with E-state index in [-0.39, 0.29) is 0 Å². The summed E-state index contributed by atoms with van der Waals surface area (Å²) in [4.78, 5) is 16.8. The lowest BCUT2D eigenvalue weighted by Gasteiger charge is -2.47. The number of ether oxygens (including phenoxy) is 6. The van der Waals surface area contributed by atoms with Crippen LogP contribution in [0.4, 0.5) is 0 Å². The molecule has 2 rings (SSSR count). The Morgan fingerprint density at radius 1 is 0.949 bits per heavy atom. The van der Waals surface area contributed by atoms with E-state index in [2.05, 4.69) is 18.1 Å². The Labute approximate surface area is 223 Å². The standard InChI is InChI=1S/C15H27NO20S3/c1-28-10-8(18)11(35-39(25,26)27)15(34-12(10)13(19)29-2)33-9-5(4-31-36-37(20)21)32-14(30-3)6(7(9)17)16-38(22,23)24/h5-12,14-18H,4H2,1-3H3,(H,20,21)(H,22,23,24)(H,25,26,27)/t5-,6?,7?,8+,9+,10+,11?,12?,14-,15+/m0/s1. The van der Waals surface area contributed by atoms with Crippen molar-refractivity contribution in [2.45, 2.75) is 61.3 Å². The van der Waals surface area contributed by atoms with E-state index in [0.717, 1.165) is 21.3 Å². The molecule has 0 saturated carbocycles. The molecule has 2 fully saturated rings. The van der Waals surface area contributed by atoms with Gasteiger partial charge in [0.25, 0.3) is 0 Å². The summed E-state index contributed by atoms with van der Waals surface area (Å²) in [6.45, 7) is -0.854. The highest BCUT2D eigenvalue weighted by Gasteiger charge is 2.55. The number of esters is 1. The average Bonchev–Trinajstić information content (AvgIpc) is 2.82. The van der Waals surface area contributed by atoms with E-state index < -0.39 is 106 Å². The Hall–Kier alpha value is -1.04. The quantitative estimate of drug-likeness (QED) is 0.0364. The van der Waals surface area contributed by atoms with Crippen molar-refractivity contribution in [2.24, 2.45) is 0 Å². The summed E-state index contributed by atoms with van der Waals surface area (Å²) >= 11 is -2.94. The maximum atomic E-state index is 12.2. The number of methoxy groups -OCH3 is 3. The molecule has 0 radical (unpaired) electrons. The van der Waals surface area contributed by atoms with Gasteiger partial charge in [-0.15, -0.1) is 4.33 Å². The van der Waals surface area contributed by atoms with Crippen molar-refractivity contribution in [2.75, 3.05) is 27.9 Å². The van der Waals surface area contributed by atoms with Gasteiger partial charge in [-0.25, -0.2) is 13.9 Å². The third-order valence-corrected chi connectivity index (χ3v) is 6.53. The summed E-state index contributed by atoms with van der Waals surface area (Å²) in [6, 6.07) is -1.84. The molecule has 0 aliphatic carbocycles. The molecule has 2 heterocycles. The minimum Gasteiger partial charge on any atom is -0.467 e. The average molecular weight is 638 g/mol. The zero-order valence-electron chi connectivity index (χ0n) is 20.1. The van der Waals surface area contributed by atoms with Crippen LogP contribution < -0.4 is 4.72 Å². The molecule has 0 bridgehead atoms. The Balaban J connectivity index is 2.49. The lowest BCUT2D eigenvalue weighted by Crippen LogP contribution is -2.68. The molecule has 0 spiro atoms. The molecule has 0 aromatic rings. The maximum Gasteiger partial charge on any atom is 0.397 e. The first-order valence-corrected chi connectivity index (χ1v) is 14.1. The van der Waals surface area contributed by atoms with Crippen LogP contribution in [0.5, 0.6) is 0 Å². The number of carbonyl (C=O) groups is 1. The van der Waals surface area contributed by atoms with Crippen LogP contribution in [-0.2, 0) is 78.7 Å². The summed E-state index contributed by atoms with van der Waals surface area (Å²) in [5, 5.41) is 21.6. The van der Waals surface area contributed by atoms with Crippen LogP contribution >= 0.6 is 0 Å². The minimum absolute atomic E-state index is 0.854. The van der Waals surface area contributed by atoms with E-state index in [9.17, 15) is 45.2 Å². The zero-order valence-corrected chi connectivity index (χ0v) is 22.5. The molecular formula is C15H27NO20S3. The van der Waals surface area contributed by atoms with Crippen molar-refractivity contribution in [1.29, 1.82) is 0 Å². The molecule has 39 heavy (non-hydrogen) atoms. The molecule has 11 atom stereocenters. The molecule has 0 amide bonds. The first kappa shape index (κ1) is 34.2. The molecule has 5 unspecified atom stereocenters. The first-order chi connectivity index (χ1) is 18.0. The van der Waals surface area contributed by atoms with Gasteiger partial charge in [0.1, 0.15) is 43.2 Å². The van der Waals surface area contributed by atoms with Crippen molar-refractivity contribution < 1.29 is 91.5 Å². The van der Waals surface area contributed by atoms with E-state index in [1.807, 2.05) is 0 Å². The lowest BCUT2D eigenvalue weighted by molar-refractivity contribution is -0.349. The maximum absolute atomic E-state index is 12.2. The fourth-order valence-corrected chi connectivity index (χ4v) is 4.98. The van der Waals surface area contributed by atoms with E-state index in [4.69, 9.17) is 28.2 Å². The molecule has 2 aliphatic rings. The number of aliphatic hydroxyl groups is 2. The monoisotopic (exact) mass is 637 g/mol. The van der Waals surface area contributed by atoms with Crippen molar-refractivity contribution in [1.82, 2.24) is 4.72 Å². The summed E-state index contributed by atoms with van der Waals surface area (Å²) in [7, 11) is -7.40. The van der Waals surface area contributed by atoms with Gasteiger partial charge in [-0.1, -0.05) is 0 Å². The number of hydrogen-bond acceptors (Lipinski definition) is 17. The summed E-state index contributed by atoms with van der Waals surface area (Å²) in [5.74, 6) is -1.15. The summed E-state index contributed by atoms with van der Waals surface area (Å²) in [5.41, 5.74) is 0. The highest BCUT2D eigenvalue weighted by molar-refractivity contribution is 7.83. The number of rotatable bonds is 13. The number of carbonyl (C=O) groups excluding carboxylic acids is 1. The first-order valence-electron chi connectivity index (χ1n) is 10.3. The fourth-order valence-electron chi connectivity index (χ4n) is 3.76. The predicted molar refractivity (Wildman–Crippen MR) is 117 cm³/mol. The van der Waals surface area contributed by atoms with E-state index in [1.54, 1.807) is 4.72 Å². The van der Waals surface area contributed by atoms with Crippen LogP contribution in [0.25, 0.3) is 0 Å². The highest BCUT2D eigenvalue weighted by Crippen LogP contribution is 2.32. The molecule has 21 nitrogen and oxygen atoms in total. The van der Waals surface area contributed by atoms with Gasteiger partial charge in [0, 0.05) is 14.2 Å². The van der Waals surface area contributed by atoms with Gasteiger partial charge in [-0.3, -0.25) is 13.7 Å². The van der Waals surface area contributed by atoms with Crippen molar-refractivity contribution in [3.8, 4) is 0 Å².